The quantitative estimate of drug-likeness (QED) is 0.738. The number of likely N-dealkylation sites (N-methyl/N-ethyl adjacent to an activating group) is 1. The predicted molar refractivity (Wildman–Crippen MR) is 90.2 cm³/mol. The first-order valence-corrected chi connectivity index (χ1v) is 8.38. The highest BCUT2D eigenvalue weighted by Crippen LogP contribution is 2.47. The summed E-state index contributed by atoms with van der Waals surface area (Å²) in [6.07, 6.45) is 0.943. The van der Waals surface area contributed by atoms with Crippen molar-refractivity contribution in [2.45, 2.75) is 32.5 Å². The van der Waals surface area contributed by atoms with Gasteiger partial charge in [-0.05, 0) is 31.7 Å². The van der Waals surface area contributed by atoms with Crippen LogP contribution in [0.5, 0.6) is 0 Å². The molecule has 3 heterocycles. The Morgan fingerprint density at radius 2 is 2.12 bits per heavy atom. The fourth-order valence-electron chi connectivity index (χ4n) is 3.97. The maximum Gasteiger partial charge on any atom is 0.352 e. The summed E-state index contributed by atoms with van der Waals surface area (Å²) in [6, 6.07) is 5.41. The summed E-state index contributed by atoms with van der Waals surface area (Å²) in [6.45, 7) is 4.53. The number of β-lactam (4-membered cyclic amide) rings is 1. The van der Waals surface area contributed by atoms with Crippen LogP contribution in [-0.4, -0.2) is 62.6 Å². The lowest BCUT2D eigenvalue weighted by Crippen LogP contribution is -2.63. The average Bonchev–Trinajstić information content (AvgIpc) is 2.77. The summed E-state index contributed by atoms with van der Waals surface area (Å²) in [5, 5.41) is 19.5. The van der Waals surface area contributed by atoms with Crippen LogP contribution in [0.2, 0.25) is 0 Å². The fraction of sp³-hybridized carbons (Fsp3) is 0.500. The zero-order valence-corrected chi connectivity index (χ0v) is 14.6. The van der Waals surface area contributed by atoms with E-state index in [1.165, 1.54) is 4.90 Å². The molecule has 0 radical (unpaired) electrons. The molecule has 2 N–H and O–H groups in total. The van der Waals surface area contributed by atoms with E-state index in [-0.39, 0.29) is 23.6 Å². The number of carboxylic acids is 1. The first kappa shape index (κ1) is 17.6. The van der Waals surface area contributed by atoms with Crippen molar-refractivity contribution in [3.05, 3.63) is 41.4 Å². The number of nitrogens with zero attached hydrogens (tertiary/aromatic N) is 3. The summed E-state index contributed by atoms with van der Waals surface area (Å²) in [4.78, 5) is 31.7. The third kappa shape index (κ3) is 2.94. The molecule has 0 aromatic carbocycles. The summed E-state index contributed by atoms with van der Waals surface area (Å²) in [5.74, 6) is -2.02. The fourth-order valence-corrected chi connectivity index (χ4v) is 3.97. The molecule has 0 saturated carbocycles. The minimum absolute atomic E-state index is 0.0762. The molecule has 1 aromatic heterocycles. The Morgan fingerprint density at radius 3 is 2.68 bits per heavy atom. The molecule has 0 spiro atoms. The van der Waals surface area contributed by atoms with Gasteiger partial charge in [0.2, 0.25) is 5.91 Å². The second kappa shape index (κ2) is 6.57. The molecule has 2 aliphatic rings. The van der Waals surface area contributed by atoms with Crippen LogP contribution in [0.3, 0.4) is 0 Å². The molecule has 0 bridgehead atoms. The van der Waals surface area contributed by atoms with Gasteiger partial charge >= 0.3 is 5.97 Å². The molecule has 1 saturated heterocycles. The number of carboxylic acid groups (broad SMARTS) is 1. The van der Waals surface area contributed by atoms with Crippen LogP contribution < -0.4 is 0 Å². The standard InChI is InChI=1S/C18H23N3O4/c1-10-13(9-20(3)8-12-6-4-5-7-19-12)16(18(24)25)21-15(10)14(11(2)22)17(21)23/h4-7,10-11,14-15,22H,8-9H2,1-3H3,(H,24,25)/t10-,11+,14+,15?/m0/s1. The van der Waals surface area contributed by atoms with Crippen LogP contribution >= 0.6 is 0 Å². The molecule has 25 heavy (non-hydrogen) atoms. The molecule has 0 aliphatic carbocycles. The van der Waals surface area contributed by atoms with Crippen molar-refractivity contribution in [2.24, 2.45) is 11.8 Å². The summed E-state index contributed by atoms with van der Waals surface area (Å²) >= 11 is 0. The molecule has 2 aliphatic heterocycles. The SMILES string of the molecule is C[C@H]1C(CN(C)Cc2ccccn2)=C(C(=O)O)N2C(=O)[C@H]([C@@H](C)O)C12. The predicted octanol–water partition coefficient (Wildman–Crippen LogP) is 0.710. The second-order valence-electron chi connectivity index (χ2n) is 6.93. The van der Waals surface area contributed by atoms with E-state index in [4.69, 9.17) is 0 Å². The molecule has 7 heteroatoms. The summed E-state index contributed by atoms with van der Waals surface area (Å²) in [5.41, 5.74) is 1.70. The summed E-state index contributed by atoms with van der Waals surface area (Å²) in [7, 11) is 1.90. The van der Waals surface area contributed by atoms with E-state index in [2.05, 4.69) is 4.98 Å². The molecule has 7 nitrogen and oxygen atoms in total. The normalized spacial score (nSPS) is 26.7. The molecule has 4 atom stereocenters. The van der Waals surface area contributed by atoms with Crippen LogP contribution in [0.25, 0.3) is 0 Å². The number of aliphatic hydroxyl groups excluding tert-OH is 1. The lowest BCUT2D eigenvalue weighted by Gasteiger charge is -2.46. The Bertz CT molecular complexity index is 716. The van der Waals surface area contributed by atoms with E-state index in [0.29, 0.717) is 13.1 Å². The molecular formula is C18H23N3O4. The molecule has 134 valence electrons. The second-order valence-corrected chi connectivity index (χ2v) is 6.93. The van der Waals surface area contributed by atoms with Crippen molar-refractivity contribution < 1.29 is 19.8 Å². The largest absolute Gasteiger partial charge is 0.477 e. The van der Waals surface area contributed by atoms with Gasteiger partial charge in [-0.2, -0.15) is 0 Å². The van der Waals surface area contributed by atoms with E-state index in [1.54, 1.807) is 13.1 Å². The minimum Gasteiger partial charge on any atom is -0.477 e. The number of aliphatic hydroxyl groups is 1. The number of rotatable bonds is 6. The van der Waals surface area contributed by atoms with E-state index in [0.717, 1.165) is 11.3 Å². The van der Waals surface area contributed by atoms with Crippen LogP contribution in [0, 0.1) is 11.8 Å². The molecular weight excluding hydrogens is 322 g/mol. The van der Waals surface area contributed by atoms with Crippen LogP contribution in [0.4, 0.5) is 0 Å². The molecule has 1 aromatic rings. The van der Waals surface area contributed by atoms with E-state index in [1.807, 2.05) is 37.1 Å². The van der Waals surface area contributed by atoms with Crippen molar-refractivity contribution in [1.82, 2.24) is 14.8 Å². The Balaban J connectivity index is 1.82. The van der Waals surface area contributed by atoms with Crippen molar-refractivity contribution in [2.75, 3.05) is 13.6 Å². The van der Waals surface area contributed by atoms with Gasteiger partial charge in [0.05, 0.1) is 23.8 Å². The number of fused-ring (bicyclic) bond motifs is 1. The third-order valence-electron chi connectivity index (χ3n) is 5.12. The highest BCUT2D eigenvalue weighted by Gasteiger charge is 2.59. The maximum absolute atomic E-state index is 12.3. The number of hydrogen-bond donors (Lipinski definition) is 2. The Labute approximate surface area is 146 Å². The van der Waals surface area contributed by atoms with Crippen molar-refractivity contribution in [3.8, 4) is 0 Å². The van der Waals surface area contributed by atoms with Gasteiger partial charge in [0, 0.05) is 25.2 Å². The number of amides is 1. The van der Waals surface area contributed by atoms with Crippen LogP contribution in [-0.2, 0) is 16.1 Å². The minimum atomic E-state index is -1.09. The number of carbonyl (C=O) groups excluding carboxylic acids is 1. The molecule has 1 amide bonds. The van der Waals surface area contributed by atoms with Crippen molar-refractivity contribution in [1.29, 1.82) is 0 Å². The molecule has 1 fully saturated rings. The highest BCUT2D eigenvalue weighted by molar-refractivity contribution is 6.00. The van der Waals surface area contributed by atoms with E-state index < -0.39 is 18.0 Å². The first-order valence-electron chi connectivity index (χ1n) is 8.38. The lowest BCUT2D eigenvalue weighted by molar-refractivity contribution is -0.163. The zero-order chi connectivity index (χ0) is 18.3. The van der Waals surface area contributed by atoms with Gasteiger partial charge in [-0.1, -0.05) is 13.0 Å². The van der Waals surface area contributed by atoms with Crippen LogP contribution in [0.15, 0.2) is 35.7 Å². The van der Waals surface area contributed by atoms with Gasteiger partial charge in [0.15, 0.2) is 0 Å². The summed E-state index contributed by atoms with van der Waals surface area (Å²) < 4.78 is 0. The van der Waals surface area contributed by atoms with Gasteiger partial charge in [-0.15, -0.1) is 0 Å². The van der Waals surface area contributed by atoms with E-state index >= 15 is 0 Å². The van der Waals surface area contributed by atoms with Gasteiger partial charge in [0.25, 0.3) is 0 Å². The van der Waals surface area contributed by atoms with Crippen molar-refractivity contribution in [3.63, 3.8) is 0 Å². The first-order chi connectivity index (χ1) is 11.8. The Morgan fingerprint density at radius 1 is 1.40 bits per heavy atom. The maximum atomic E-state index is 12.3. The number of aromatic nitrogens is 1. The van der Waals surface area contributed by atoms with Crippen LogP contribution in [0.1, 0.15) is 19.5 Å². The number of carbonyl (C=O) groups is 2. The molecule has 3 rings (SSSR count). The van der Waals surface area contributed by atoms with Gasteiger partial charge in [0.1, 0.15) is 5.70 Å². The number of hydrogen-bond acceptors (Lipinski definition) is 5. The third-order valence-corrected chi connectivity index (χ3v) is 5.12. The monoisotopic (exact) mass is 345 g/mol. The highest BCUT2D eigenvalue weighted by atomic mass is 16.4. The number of aliphatic carboxylic acids is 1. The van der Waals surface area contributed by atoms with Gasteiger partial charge in [-0.3, -0.25) is 14.7 Å². The van der Waals surface area contributed by atoms with Crippen molar-refractivity contribution >= 4 is 11.9 Å². The lowest BCUT2D eigenvalue weighted by atomic mass is 9.77. The molecule has 1 unspecified atom stereocenters. The topological polar surface area (TPSA) is 94.0 Å². The van der Waals surface area contributed by atoms with Gasteiger partial charge in [-0.25, -0.2) is 4.79 Å². The van der Waals surface area contributed by atoms with E-state index in [9.17, 15) is 19.8 Å². The average molecular weight is 345 g/mol. The Kier molecular flexibility index (Phi) is 4.62. The zero-order valence-electron chi connectivity index (χ0n) is 14.6. The Hall–Kier alpha value is -2.25. The smallest absolute Gasteiger partial charge is 0.352 e. The van der Waals surface area contributed by atoms with Gasteiger partial charge < -0.3 is 15.1 Å². The number of pyridine rings is 1.